The lowest BCUT2D eigenvalue weighted by Crippen LogP contribution is -2.24. The Morgan fingerprint density at radius 2 is 1.14 bits per heavy atom. The van der Waals surface area contributed by atoms with Crippen LogP contribution in [0.2, 0.25) is 0 Å². The van der Waals surface area contributed by atoms with E-state index in [2.05, 4.69) is 9.98 Å². The van der Waals surface area contributed by atoms with Gasteiger partial charge in [0.15, 0.2) is 0 Å². The number of aliphatic imine (C=N–C) groups is 2. The van der Waals surface area contributed by atoms with Gasteiger partial charge < -0.3 is 0 Å². The van der Waals surface area contributed by atoms with E-state index in [1.807, 2.05) is 0 Å². The molecule has 0 bridgehead atoms. The summed E-state index contributed by atoms with van der Waals surface area (Å²) in [5.41, 5.74) is 0. The second-order valence-electron chi connectivity index (χ2n) is 6.90. The van der Waals surface area contributed by atoms with Crippen LogP contribution in [0.15, 0.2) is 9.98 Å². The van der Waals surface area contributed by atoms with Crippen LogP contribution in [0.4, 0.5) is 0 Å². The molecule has 4 nitrogen and oxygen atoms in total. The van der Waals surface area contributed by atoms with E-state index in [-0.39, 0.29) is 0 Å². The molecule has 4 heteroatoms. The summed E-state index contributed by atoms with van der Waals surface area (Å²) in [6.45, 7) is 1.34. The predicted octanol–water partition coefficient (Wildman–Crippen LogP) is 3.66. The van der Waals surface area contributed by atoms with Gasteiger partial charge in [-0.1, -0.05) is 25.7 Å². The molecule has 0 aromatic carbocycles. The average molecular weight is 290 g/mol. The second-order valence-corrected chi connectivity index (χ2v) is 6.90. The minimum absolute atomic E-state index is 0.587. The van der Waals surface area contributed by atoms with Gasteiger partial charge in [-0.2, -0.15) is 0 Å². The molecule has 0 radical (unpaired) electrons. The van der Waals surface area contributed by atoms with Crippen molar-refractivity contribution >= 4 is 12.2 Å². The zero-order chi connectivity index (χ0) is 14.9. The summed E-state index contributed by atoms with van der Waals surface area (Å²) in [6, 6.07) is 0. The van der Waals surface area contributed by atoms with Crippen molar-refractivity contribution in [3.05, 3.63) is 0 Å². The fourth-order valence-electron chi connectivity index (χ4n) is 4.37. The van der Waals surface area contributed by atoms with Gasteiger partial charge in [0.2, 0.25) is 12.2 Å². The van der Waals surface area contributed by atoms with Crippen LogP contribution in [-0.4, -0.2) is 25.2 Å². The van der Waals surface area contributed by atoms with E-state index in [9.17, 15) is 9.59 Å². The Hall–Kier alpha value is -1.24. The topological polar surface area (TPSA) is 58.9 Å². The minimum atomic E-state index is 0.587. The zero-order valence-electron chi connectivity index (χ0n) is 12.8. The standard InChI is InChI=1S/C17H26N2O2/c20-12-18-10-16-5-1-3-14(8-16)7-15-4-2-6-17(9-15)11-19-13-21/h14-17H,1-11H2/t14?,15?,16-,17?/m0/s1. The molecule has 0 amide bonds. The van der Waals surface area contributed by atoms with Gasteiger partial charge in [-0.3, -0.25) is 0 Å². The van der Waals surface area contributed by atoms with Crippen LogP contribution in [0.5, 0.6) is 0 Å². The van der Waals surface area contributed by atoms with Gasteiger partial charge in [-0.25, -0.2) is 19.6 Å². The fraction of sp³-hybridized carbons (Fsp3) is 0.882. The third-order valence-electron chi connectivity index (χ3n) is 5.28. The van der Waals surface area contributed by atoms with Crippen molar-refractivity contribution < 1.29 is 9.59 Å². The van der Waals surface area contributed by atoms with Crippen LogP contribution in [0, 0.1) is 23.7 Å². The molecule has 2 fully saturated rings. The van der Waals surface area contributed by atoms with Gasteiger partial charge in [0.25, 0.3) is 0 Å². The normalized spacial score (nSPS) is 32.8. The van der Waals surface area contributed by atoms with Gasteiger partial charge in [0, 0.05) is 0 Å². The van der Waals surface area contributed by atoms with Crippen molar-refractivity contribution in [1.82, 2.24) is 0 Å². The van der Waals surface area contributed by atoms with Gasteiger partial charge in [0.05, 0.1) is 13.1 Å². The summed E-state index contributed by atoms with van der Waals surface area (Å²) in [6.07, 6.45) is 14.7. The fourth-order valence-corrected chi connectivity index (χ4v) is 4.37. The number of hydrogen-bond acceptors (Lipinski definition) is 4. The van der Waals surface area contributed by atoms with E-state index in [0.29, 0.717) is 24.9 Å². The Labute approximate surface area is 127 Å². The van der Waals surface area contributed by atoms with Crippen molar-refractivity contribution in [3.63, 3.8) is 0 Å². The van der Waals surface area contributed by atoms with E-state index in [4.69, 9.17) is 0 Å². The molecule has 2 aliphatic carbocycles. The molecule has 2 saturated carbocycles. The highest BCUT2D eigenvalue weighted by Crippen LogP contribution is 2.38. The Morgan fingerprint density at radius 3 is 1.57 bits per heavy atom. The number of hydrogen-bond donors (Lipinski definition) is 0. The van der Waals surface area contributed by atoms with Gasteiger partial charge in [-0.15, -0.1) is 0 Å². The van der Waals surface area contributed by atoms with Crippen molar-refractivity contribution in [2.75, 3.05) is 13.1 Å². The third-order valence-corrected chi connectivity index (χ3v) is 5.28. The third kappa shape index (κ3) is 5.57. The summed E-state index contributed by atoms with van der Waals surface area (Å²) < 4.78 is 0. The molecule has 0 aliphatic heterocycles. The molecule has 2 rings (SSSR count). The van der Waals surface area contributed by atoms with Crippen molar-refractivity contribution in [2.45, 2.75) is 57.8 Å². The lowest BCUT2D eigenvalue weighted by molar-refractivity contribution is 0.184. The van der Waals surface area contributed by atoms with Crippen molar-refractivity contribution in [3.8, 4) is 0 Å². The summed E-state index contributed by atoms with van der Waals surface area (Å²) >= 11 is 0. The van der Waals surface area contributed by atoms with Gasteiger partial charge in [0.1, 0.15) is 0 Å². The van der Waals surface area contributed by atoms with Crippen LogP contribution >= 0.6 is 0 Å². The van der Waals surface area contributed by atoms with Crippen LogP contribution in [-0.2, 0) is 9.59 Å². The molecule has 2 aliphatic rings. The maximum Gasteiger partial charge on any atom is 0.234 e. The van der Waals surface area contributed by atoms with E-state index in [1.165, 1.54) is 57.8 Å². The molecule has 3 unspecified atom stereocenters. The summed E-state index contributed by atoms with van der Waals surface area (Å²) in [4.78, 5) is 28.0. The van der Waals surface area contributed by atoms with Crippen molar-refractivity contribution in [2.24, 2.45) is 33.7 Å². The first kappa shape index (κ1) is 16.1. The molecule has 4 atom stereocenters. The maximum atomic E-state index is 10.2. The van der Waals surface area contributed by atoms with Crippen LogP contribution in [0.25, 0.3) is 0 Å². The highest BCUT2D eigenvalue weighted by Gasteiger charge is 2.27. The minimum Gasteiger partial charge on any atom is -0.211 e. The molecule has 21 heavy (non-hydrogen) atoms. The largest absolute Gasteiger partial charge is 0.234 e. The molecule has 0 N–H and O–H groups in total. The monoisotopic (exact) mass is 290 g/mol. The Kier molecular flexibility index (Phi) is 6.85. The molecule has 116 valence electrons. The quantitative estimate of drug-likeness (QED) is 0.553. The number of rotatable bonds is 6. The van der Waals surface area contributed by atoms with E-state index in [0.717, 1.165) is 11.8 Å². The summed E-state index contributed by atoms with van der Waals surface area (Å²) in [7, 11) is 0. The smallest absolute Gasteiger partial charge is 0.211 e. The number of isocyanates is 2. The first-order valence-electron chi connectivity index (χ1n) is 8.39. The Balaban J connectivity index is 1.77. The number of nitrogens with zero attached hydrogens (tertiary/aromatic N) is 2. The molecule has 0 aromatic heterocycles. The summed E-state index contributed by atoms with van der Waals surface area (Å²) in [5, 5.41) is 0. The predicted molar refractivity (Wildman–Crippen MR) is 81.5 cm³/mol. The highest BCUT2D eigenvalue weighted by atomic mass is 16.1. The Bertz CT molecular complexity index is 373. The van der Waals surface area contributed by atoms with Crippen LogP contribution < -0.4 is 0 Å². The Morgan fingerprint density at radius 1 is 0.714 bits per heavy atom. The molecule has 0 saturated heterocycles. The van der Waals surface area contributed by atoms with Crippen molar-refractivity contribution in [1.29, 1.82) is 0 Å². The first-order valence-corrected chi connectivity index (χ1v) is 8.39. The van der Waals surface area contributed by atoms with Crippen LogP contribution in [0.3, 0.4) is 0 Å². The lowest BCUT2D eigenvalue weighted by atomic mass is 9.72. The first-order chi connectivity index (χ1) is 10.3. The van der Waals surface area contributed by atoms with E-state index >= 15 is 0 Å². The lowest BCUT2D eigenvalue weighted by Gasteiger charge is -2.34. The van der Waals surface area contributed by atoms with E-state index < -0.39 is 0 Å². The van der Waals surface area contributed by atoms with Gasteiger partial charge in [-0.05, 0) is 55.8 Å². The van der Waals surface area contributed by atoms with Crippen LogP contribution in [0.1, 0.15) is 57.8 Å². The molecule has 0 aromatic rings. The molecular formula is C17H26N2O2. The zero-order valence-corrected chi connectivity index (χ0v) is 12.8. The SMILES string of the molecule is O=C=NCC1CCCC(CC2CCC[C@H](CN=C=O)C2)C1. The molecule has 0 heterocycles. The van der Waals surface area contributed by atoms with Gasteiger partial charge >= 0.3 is 0 Å². The maximum absolute atomic E-state index is 10.2. The van der Waals surface area contributed by atoms with E-state index in [1.54, 1.807) is 12.2 Å². The second kappa shape index (κ2) is 8.92. The molecule has 0 spiro atoms. The number of carbonyl (C=O) groups excluding carboxylic acids is 2. The molecular weight excluding hydrogens is 264 g/mol. The highest BCUT2D eigenvalue weighted by molar-refractivity contribution is 5.33. The average Bonchev–Trinajstić information content (AvgIpc) is 2.52. The summed E-state index contributed by atoms with van der Waals surface area (Å²) in [5.74, 6) is 2.77.